The summed E-state index contributed by atoms with van der Waals surface area (Å²) in [5.41, 5.74) is 0. The van der Waals surface area contributed by atoms with Gasteiger partial charge in [-0.15, -0.1) is 0 Å². The summed E-state index contributed by atoms with van der Waals surface area (Å²) >= 11 is 0. The second-order valence-electron chi connectivity index (χ2n) is 2.54. The van der Waals surface area contributed by atoms with E-state index in [1.807, 2.05) is 0 Å². The molecule has 0 spiro atoms. The van der Waals surface area contributed by atoms with Crippen LogP contribution in [0.2, 0.25) is 0 Å². The van der Waals surface area contributed by atoms with Crippen molar-refractivity contribution in [1.29, 1.82) is 0 Å². The highest BCUT2D eigenvalue weighted by Gasteiger charge is 2.16. The van der Waals surface area contributed by atoms with Gasteiger partial charge < -0.3 is 9.84 Å². The Morgan fingerprint density at radius 2 is 2.14 bits per heavy atom. The van der Waals surface area contributed by atoms with Gasteiger partial charge >= 0.3 is 5.97 Å². The SMILES string of the molecule is CCOC(=O)CS(=O)(=O)NCCCO. The molecular weight excluding hydrogens is 210 g/mol. The van der Waals surface area contributed by atoms with Crippen molar-refractivity contribution >= 4 is 16.0 Å². The number of ether oxygens (including phenoxy) is 1. The Morgan fingerprint density at radius 3 is 2.64 bits per heavy atom. The molecule has 0 bridgehead atoms. The van der Waals surface area contributed by atoms with Gasteiger partial charge in [-0.25, -0.2) is 13.1 Å². The van der Waals surface area contributed by atoms with Crippen molar-refractivity contribution in [2.45, 2.75) is 13.3 Å². The second kappa shape index (κ2) is 6.74. The van der Waals surface area contributed by atoms with Crippen molar-refractivity contribution in [2.75, 3.05) is 25.5 Å². The number of carbonyl (C=O) groups is 1. The molecule has 6 nitrogen and oxygen atoms in total. The topological polar surface area (TPSA) is 92.7 Å². The zero-order chi connectivity index (χ0) is 11.0. The summed E-state index contributed by atoms with van der Waals surface area (Å²) in [4.78, 5) is 10.8. The van der Waals surface area contributed by atoms with Crippen LogP contribution in [0.5, 0.6) is 0 Å². The van der Waals surface area contributed by atoms with Gasteiger partial charge in [0.15, 0.2) is 5.75 Å². The summed E-state index contributed by atoms with van der Waals surface area (Å²) in [5, 5.41) is 8.40. The normalized spacial score (nSPS) is 11.3. The van der Waals surface area contributed by atoms with Gasteiger partial charge in [-0.1, -0.05) is 0 Å². The number of aliphatic hydroxyl groups is 1. The molecule has 14 heavy (non-hydrogen) atoms. The highest BCUT2D eigenvalue weighted by atomic mass is 32.2. The minimum absolute atomic E-state index is 0.0953. The van der Waals surface area contributed by atoms with Crippen LogP contribution in [0.1, 0.15) is 13.3 Å². The fraction of sp³-hybridized carbons (Fsp3) is 0.857. The smallest absolute Gasteiger partial charge is 0.322 e. The summed E-state index contributed by atoms with van der Waals surface area (Å²) in [7, 11) is -3.61. The molecule has 0 aliphatic carbocycles. The number of esters is 1. The lowest BCUT2D eigenvalue weighted by Crippen LogP contribution is -2.32. The van der Waals surface area contributed by atoms with Crippen LogP contribution in [0.3, 0.4) is 0 Å². The Kier molecular flexibility index (Phi) is 6.43. The van der Waals surface area contributed by atoms with Crippen LogP contribution < -0.4 is 4.72 Å². The van der Waals surface area contributed by atoms with Crippen LogP contribution in [0.4, 0.5) is 0 Å². The maximum absolute atomic E-state index is 11.1. The van der Waals surface area contributed by atoms with Crippen LogP contribution in [0, 0.1) is 0 Å². The molecule has 7 heteroatoms. The van der Waals surface area contributed by atoms with Crippen LogP contribution in [0.25, 0.3) is 0 Å². The molecule has 0 radical (unpaired) electrons. The lowest BCUT2D eigenvalue weighted by atomic mass is 10.5. The Labute approximate surface area is 83.3 Å². The van der Waals surface area contributed by atoms with Gasteiger partial charge in [-0.3, -0.25) is 4.79 Å². The molecule has 0 atom stereocenters. The zero-order valence-corrected chi connectivity index (χ0v) is 8.84. The Morgan fingerprint density at radius 1 is 1.50 bits per heavy atom. The first-order chi connectivity index (χ1) is 6.52. The molecule has 0 saturated carbocycles. The third kappa shape index (κ3) is 6.81. The predicted molar refractivity (Wildman–Crippen MR) is 50.1 cm³/mol. The first-order valence-electron chi connectivity index (χ1n) is 4.25. The molecule has 0 heterocycles. The van der Waals surface area contributed by atoms with Crippen molar-refractivity contribution < 1.29 is 23.1 Å². The van der Waals surface area contributed by atoms with Gasteiger partial charge in [-0.2, -0.15) is 0 Å². The van der Waals surface area contributed by atoms with Crippen LogP contribution in [-0.2, 0) is 19.6 Å². The molecule has 0 aliphatic rings. The van der Waals surface area contributed by atoms with Crippen LogP contribution >= 0.6 is 0 Å². The zero-order valence-electron chi connectivity index (χ0n) is 8.02. The molecule has 0 rings (SSSR count). The third-order valence-corrected chi connectivity index (χ3v) is 2.53. The van der Waals surface area contributed by atoms with E-state index in [4.69, 9.17) is 5.11 Å². The van der Waals surface area contributed by atoms with E-state index < -0.39 is 21.7 Å². The van der Waals surface area contributed by atoms with E-state index in [2.05, 4.69) is 9.46 Å². The fourth-order valence-electron chi connectivity index (χ4n) is 0.716. The molecule has 0 saturated heterocycles. The molecule has 0 unspecified atom stereocenters. The van der Waals surface area contributed by atoms with Gasteiger partial charge in [0.25, 0.3) is 0 Å². The third-order valence-electron chi connectivity index (χ3n) is 1.27. The minimum atomic E-state index is -3.61. The largest absolute Gasteiger partial charge is 0.465 e. The summed E-state index contributed by atoms with van der Waals surface area (Å²) in [6.45, 7) is 1.79. The van der Waals surface area contributed by atoms with E-state index in [1.165, 1.54) is 0 Å². The molecular formula is C7H15NO5S. The standard InChI is InChI=1S/C7H15NO5S/c1-2-13-7(10)6-14(11,12)8-4-3-5-9/h8-9H,2-6H2,1H3. The lowest BCUT2D eigenvalue weighted by Gasteiger charge is -2.04. The number of sulfonamides is 1. The van der Waals surface area contributed by atoms with Crippen molar-refractivity contribution in [3.8, 4) is 0 Å². The van der Waals surface area contributed by atoms with E-state index in [9.17, 15) is 13.2 Å². The van der Waals surface area contributed by atoms with E-state index in [1.54, 1.807) is 6.92 Å². The van der Waals surface area contributed by atoms with E-state index in [0.717, 1.165) is 0 Å². The quantitative estimate of drug-likeness (QED) is 0.421. The first kappa shape index (κ1) is 13.3. The predicted octanol–water partition coefficient (Wildman–Crippen LogP) is -1.15. The summed E-state index contributed by atoms with van der Waals surface area (Å²) < 4.78 is 28.8. The van der Waals surface area contributed by atoms with Crippen molar-refractivity contribution in [3.63, 3.8) is 0 Å². The van der Waals surface area contributed by atoms with Gasteiger partial charge in [0.1, 0.15) is 0 Å². The number of hydrogen-bond acceptors (Lipinski definition) is 5. The summed E-state index contributed by atoms with van der Waals surface area (Å²) in [5.74, 6) is -1.45. The molecule has 0 aromatic carbocycles. The van der Waals surface area contributed by atoms with Crippen molar-refractivity contribution in [1.82, 2.24) is 4.72 Å². The molecule has 2 N–H and O–H groups in total. The van der Waals surface area contributed by atoms with Crippen LogP contribution in [-0.4, -0.2) is 45.0 Å². The lowest BCUT2D eigenvalue weighted by molar-refractivity contribution is -0.139. The number of nitrogens with one attached hydrogen (secondary N) is 1. The average molecular weight is 225 g/mol. The second-order valence-corrected chi connectivity index (χ2v) is 4.34. The molecule has 84 valence electrons. The van der Waals surface area contributed by atoms with E-state index in [-0.39, 0.29) is 19.8 Å². The molecule has 0 amide bonds. The number of aliphatic hydroxyl groups excluding tert-OH is 1. The Balaban J connectivity index is 3.89. The number of carbonyl (C=O) groups excluding carboxylic acids is 1. The number of rotatable bonds is 7. The van der Waals surface area contributed by atoms with Crippen molar-refractivity contribution in [2.24, 2.45) is 0 Å². The Bertz CT molecular complexity index is 261. The summed E-state index contributed by atoms with van der Waals surface area (Å²) in [6, 6.07) is 0. The maximum atomic E-state index is 11.1. The van der Waals surface area contributed by atoms with Gasteiger partial charge in [0.2, 0.25) is 10.0 Å². The molecule has 0 fully saturated rings. The van der Waals surface area contributed by atoms with Gasteiger partial charge in [-0.05, 0) is 13.3 Å². The minimum Gasteiger partial charge on any atom is -0.465 e. The van der Waals surface area contributed by atoms with Gasteiger partial charge in [0.05, 0.1) is 6.61 Å². The first-order valence-corrected chi connectivity index (χ1v) is 5.91. The van der Waals surface area contributed by atoms with Gasteiger partial charge in [0, 0.05) is 13.2 Å². The van der Waals surface area contributed by atoms with E-state index >= 15 is 0 Å². The summed E-state index contributed by atoms with van der Waals surface area (Å²) in [6.07, 6.45) is 0.321. The molecule has 0 aromatic heterocycles. The van der Waals surface area contributed by atoms with Crippen LogP contribution in [0.15, 0.2) is 0 Å². The van der Waals surface area contributed by atoms with E-state index in [0.29, 0.717) is 6.42 Å². The Hall–Kier alpha value is -0.660. The maximum Gasteiger partial charge on any atom is 0.322 e. The van der Waals surface area contributed by atoms with Crippen molar-refractivity contribution in [3.05, 3.63) is 0 Å². The number of hydrogen-bond donors (Lipinski definition) is 2. The molecule has 0 aliphatic heterocycles. The highest BCUT2D eigenvalue weighted by Crippen LogP contribution is 1.88. The average Bonchev–Trinajstić information content (AvgIpc) is 2.03. The highest BCUT2D eigenvalue weighted by molar-refractivity contribution is 7.90. The monoisotopic (exact) mass is 225 g/mol. The fourth-order valence-corrected chi connectivity index (χ4v) is 1.67. The molecule has 0 aromatic rings.